The van der Waals surface area contributed by atoms with Gasteiger partial charge in [0.2, 0.25) is 0 Å². The second-order valence-corrected chi connectivity index (χ2v) is 8.38. The largest absolute Gasteiger partial charge is 0.495 e. The van der Waals surface area contributed by atoms with E-state index in [0.29, 0.717) is 39.5 Å². The first kappa shape index (κ1) is 24.7. The van der Waals surface area contributed by atoms with E-state index >= 15 is 0 Å². The maximum Gasteiger partial charge on any atom is 0.284 e. The van der Waals surface area contributed by atoms with Crippen LogP contribution >= 0.6 is 0 Å². The van der Waals surface area contributed by atoms with E-state index in [9.17, 15) is 18.4 Å². The number of nitrogens with zero attached hydrogens (tertiary/aromatic N) is 4. The van der Waals surface area contributed by atoms with Gasteiger partial charge in [0.1, 0.15) is 17.1 Å². The van der Waals surface area contributed by atoms with Crippen LogP contribution in [0.1, 0.15) is 21.7 Å². The lowest BCUT2D eigenvalue weighted by atomic mass is 10.1. The standard InChI is InChI=1S/C28H20F2N4O4/c1-16-14-32-27(28(36)34(16)19-6-4-18(29)5-7-19)23(35)12-17-3-8-24(21(30)11-17)38-25-9-10-31-22-13-20(37-2)15-33-26(22)25/h3-11,13-15H,12H2,1-2H3. The zero-order valence-electron chi connectivity index (χ0n) is 20.3. The second-order valence-electron chi connectivity index (χ2n) is 8.38. The summed E-state index contributed by atoms with van der Waals surface area (Å²) in [5.41, 5.74) is 1.20. The molecule has 0 saturated carbocycles. The minimum absolute atomic E-state index is 0.0709. The van der Waals surface area contributed by atoms with Crippen LogP contribution in [0, 0.1) is 18.6 Å². The van der Waals surface area contributed by atoms with E-state index in [0.717, 1.165) is 0 Å². The van der Waals surface area contributed by atoms with Crippen LogP contribution in [0.25, 0.3) is 16.7 Å². The molecule has 0 unspecified atom stereocenters. The van der Waals surface area contributed by atoms with Gasteiger partial charge in [0.25, 0.3) is 5.56 Å². The molecular formula is C28H20F2N4O4. The third kappa shape index (κ3) is 4.83. The first-order chi connectivity index (χ1) is 18.3. The summed E-state index contributed by atoms with van der Waals surface area (Å²) < 4.78 is 40.5. The van der Waals surface area contributed by atoms with Gasteiger partial charge in [0.15, 0.2) is 28.8 Å². The predicted octanol–water partition coefficient (Wildman–Crippen LogP) is 4.99. The fraction of sp³-hybridized carbons (Fsp3) is 0.107. The predicted molar refractivity (Wildman–Crippen MR) is 135 cm³/mol. The Kier molecular flexibility index (Phi) is 6.61. The van der Waals surface area contributed by atoms with Crippen molar-refractivity contribution >= 4 is 16.8 Å². The van der Waals surface area contributed by atoms with Gasteiger partial charge in [-0.1, -0.05) is 6.07 Å². The second kappa shape index (κ2) is 10.2. The maximum absolute atomic E-state index is 15.0. The monoisotopic (exact) mass is 514 g/mol. The fourth-order valence-corrected chi connectivity index (χ4v) is 3.95. The lowest BCUT2D eigenvalue weighted by molar-refractivity contribution is 0.0986. The molecule has 2 aromatic carbocycles. The Labute approximate surface area is 215 Å². The molecule has 0 N–H and O–H groups in total. The number of ketones is 1. The molecule has 0 amide bonds. The number of aromatic nitrogens is 4. The van der Waals surface area contributed by atoms with E-state index in [1.807, 2.05) is 0 Å². The number of halogens is 2. The number of carbonyl (C=O) groups is 1. The van der Waals surface area contributed by atoms with Crippen LogP contribution in [0.2, 0.25) is 0 Å². The number of benzene rings is 2. The van der Waals surface area contributed by atoms with Crippen molar-refractivity contribution in [3.8, 4) is 22.9 Å². The van der Waals surface area contributed by atoms with Crippen LogP contribution in [-0.2, 0) is 6.42 Å². The molecule has 0 aliphatic rings. The molecule has 8 nitrogen and oxygen atoms in total. The first-order valence-electron chi connectivity index (χ1n) is 11.5. The molecule has 0 spiro atoms. The van der Waals surface area contributed by atoms with Gasteiger partial charge >= 0.3 is 0 Å². The van der Waals surface area contributed by atoms with Crippen molar-refractivity contribution in [3.63, 3.8) is 0 Å². The Hall–Kier alpha value is -4.99. The highest BCUT2D eigenvalue weighted by molar-refractivity contribution is 5.95. The zero-order valence-corrected chi connectivity index (χ0v) is 20.3. The summed E-state index contributed by atoms with van der Waals surface area (Å²) in [4.78, 5) is 38.5. The summed E-state index contributed by atoms with van der Waals surface area (Å²) in [6, 6.07) is 12.6. The molecule has 3 heterocycles. The lowest BCUT2D eigenvalue weighted by Crippen LogP contribution is -2.29. The minimum atomic E-state index is -0.700. The summed E-state index contributed by atoms with van der Waals surface area (Å²) in [5.74, 6) is -0.988. The van der Waals surface area contributed by atoms with Crippen LogP contribution in [0.4, 0.5) is 8.78 Å². The quantitative estimate of drug-likeness (QED) is 0.282. The highest BCUT2D eigenvalue weighted by Gasteiger charge is 2.19. The van der Waals surface area contributed by atoms with Crippen LogP contribution in [-0.4, -0.2) is 32.4 Å². The number of pyridine rings is 2. The van der Waals surface area contributed by atoms with Gasteiger partial charge in [-0.3, -0.25) is 19.1 Å². The first-order valence-corrected chi connectivity index (χ1v) is 11.5. The van der Waals surface area contributed by atoms with Crippen molar-refractivity contribution in [1.29, 1.82) is 0 Å². The molecule has 5 aromatic rings. The Morgan fingerprint density at radius 1 is 0.947 bits per heavy atom. The van der Waals surface area contributed by atoms with Gasteiger partial charge in [-0.2, -0.15) is 0 Å². The van der Waals surface area contributed by atoms with E-state index < -0.39 is 23.0 Å². The van der Waals surface area contributed by atoms with Crippen molar-refractivity contribution in [1.82, 2.24) is 19.5 Å². The van der Waals surface area contributed by atoms with Crippen molar-refractivity contribution in [3.05, 3.63) is 112 Å². The normalized spacial score (nSPS) is 10.9. The van der Waals surface area contributed by atoms with Crippen molar-refractivity contribution in [2.45, 2.75) is 13.3 Å². The summed E-state index contributed by atoms with van der Waals surface area (Å²) in [7, 11) is 1.51. The number of hydrogen-bond acceptors (Lipinski definition) is 7. The average molecular weight is 514 g/mol. The number of aryl methyl sites for hydroxylation is 1. The zero-order chi connectivity index (χ0) is 26.8. The average Bonchev–Trinajstić information content (AvgIpc) is 2.91. The molecule has 10 heteroatoms. The van der Waals surface area contributed by atoms with Gasteiger partial charge < -0.3 is 9.47 Å². The Balaban J connectivity index is 1.38. The molecule has 0 radical (unpaired) electrons. The highest BCUT2D eigenvalue weighted by atomic mass is 19.1. The third-order valence-corrected chi connectivity index (χ3v) is 5.82. The molecule has 3 aromatic heterocycles. The van der Waals surface area contributed by atoms with Gasteiger partial charge in [0, 0.05) is 42.3 Å². The SMILES string of the molecule is COc1cnc2c(Oc3ccc(CC(=O)c4ncc(C)n(-c5ccc(F)cc5)c4=O)cc3F)ccnc2c1. The molecule has 0 saturated heterocycles. The van der Waals surface area contributed by atoms with Crippen LogP contribution in [0.5, 0.6) is 17.2 Å². The number of rotatable bonds is 7. The Morgan fingerprint density at radius 3 is 2.47 bits per heavy atom. The minimum Gasteiger partial charge on any atom is -0.495 e. The van der Waals surface area contributed by atoms with E-state index in [4.69, 9.17) is 9.47 Å². The summed E-state index contributed by atoms with van der Waals surface area (Å²) in [6.07, 6.45) is 4.14. The Bertz CT molecular complexity index is 1740. The maximum atomic E-state index is 15.0. The molecule has 38 heavy (non-hydrogen) atoms. The summed E-state index contributed by atoms with van der Waals surface area (Å²) >= 11 is 0. The molecule has 0 aliphatic carbocycles. The molecular weight excluding hydrogens is 494 g/mol. The third-order valence-electron chi connectivity index (χ3n) is 5.82. The molecule has 190 valence electrons. The molecule has 0 bridgehead atoms. The van der Waals surface area contributed by atoms with Gasteiger partial charge in [-0.05, 0) is 48.9 Å². The van der Waals surface area contributed by atoms with E-state index in [2.05, 4.69) is 15.0 Å². The summed E-state index contributed by atoms with van der Waals surface area (Å²) in [6.45, 7) is 1.65. The smallest absolute Gasteiger partial charge is 0.284 e. The van der Waals surface area contributed by atoms with Crippen LogP contribution < -0.4 is 15.0 Å². The molecule has 5 rings (SSSR count). The number of fused-ring (bicyclic) bond motifs is 1. The van der Waals surface area contributed by atoms with Gasteiger partial charge in [-0.25, -0.2) is 18.7 Å². The number of ether oxygens (including phenoxy) is 2. The molecule has 0 atom stereocenters. The van der Waals surface area contributed by atoms with Crippen LogP contribution in [0.15, 0.2) is 78.0 Å². The topological polar surface area (TPSA) is 96.2 Å². The van der Waals surface area contributed by atoms with Gasteiger partial charge in [-0.15, -0.1) is 0 Å². The van der Waals surface area contributed by atoms with E-state index in [1.54, 1.807) is 19.1 Å². The molecule has 0 aliphatic heterocycles. The highest BCUT2D eigenvalue weighted by Crippen LogP contribution is 2.31. The fourth-order valence-electron chi connectivity index (χ4n) is 3.95. The van der Waals surface area contributed by atoms with E-state index in [1.165, 1.54) is 72.7 Å². The number of Topliss-reactive ketones (excluding diaryl/α,β-unsaturated/α-hetero) is 1. The number of hydrogen-bond donors (Lipinski definition) is 0. The van der Waals surface area contributed by atoms with E-state index in [-0.39, 0.29) is 17.9 Å². The molecule has 0 fully saturated rings. The number of carbonyl (C=O) groups excluding carboxylic acids is 1. The lowest BCUT2D eigenvalue weighted by Gasteiger charge is -2.12. The Morgan fingerprint density at radius 2 is 1.74 bits per heavy atom. The van der Waals surface area contributed by atoms with Crippen molar-refractivity contribution in [2.24, 2.45) is 0 Å². The van der Waals surface area contributed by atoms with Gasteiger partial charge in [0.05, 0.1) is 18.8 Å². The number of methoxy groups -OCH3 is 1. The summed E-state index contributed by atoms with van der Waals surface area (Å²) in [5, 5.41) is 0. The van der Waals surface area contributed by atoms with Crippen molar-refractivity contribution < 1.29 is 23.0 Å². The van der Waals surface area contributed by atoms with Crippen molar-refractivity contribution in [2.75, 3.05) is 7.11 Å². The van der Waals surface area contributed by atoms with Crippen LogP contribution in [0.3, 0.4) is 0 Å².